The molecule has 1 aliphatic heterocycles. The standard InChI is InChI=1S/C19H21N3O3/c23-19(17-8-4-5-9-18(17)22(24)25)21-14-12-20(13-15-21)11-10-16-6-2-1-3-7-16/h1-9H,10-15H2. The molecule has 6 nitrogen and oxygen atoms in total. The summed E-state index contributed by atoms with van der Waals surface area (Å²) < 4.78 is 0. The summed E-state index contributed by atoms with van der Waals surface area (Å²) in [4.78, 5) is 27.3. The van der Waals surface area contributed by atoms with Crippen molar-refractivity contribution in [2.24, 2.45) is 0 Å². The van der Waals surface area contributed by atoms with Crippen LogP contribution >= 0.6 is 0 Å². The Morgan fingerprint density at radius 2 is 1.60 bits per heavy atom. The van der Waals surface area contributed by atoms with Crippen molar-refractivity contribution in [3.05, 3.63) is 75.8 Å². The second kappa shape index (κ2) is 7.90. The zero-order valence-electron chi connectivity index (χ0n) is 14.0. The average Bonchev–Trinajstić information content (AvgIpc) is 2.67. The molecular formula is C19H21N3O3. The lowest BCUT2D eigenvalue weighted by Crippen LogP contribution is -2.49. The van der Waals surface area contributed by atoms with Gasteiger partial charge >= 0.3 is 0 Å². The molecule has 6 heteroatoms. The first kappa shape index (κ1) is 17.1. The molecule has 2 aromatic rings. The van der Waals surface area contributed by atoms with Gasteiger partial charge in [0.15, 0.2) is 0 Å². The number of hydrogen-bond acceptors (Lipinski definition) is 4. The Hall–Kier alpha value is -2.73. The Bertz CT molecular complexity index is 741. The van der Waals surface area contributed by atoms with Crippen molar-refractivity contribution < 1.29 is 9.72 Å². The maximum atomic E-state index is 12.6. The molecule has 0 spiro atoms. The molecule has 1 saturated heterocycles. The van der Waals surface area contributed by atoms with Crippen LogP contribution in [0.15, 0.2) is 54.6 Å². The molecule has 25 heavy (non-hydrogen) atoms. The zero-order chi connectivity index (χ0) is 17.6. The van der Waals surface area contributed by atoms with E-state index in [1.54, 1.807) is 17.0 Å². The Morgan fingerprint density at radius 1 is 0.960 bits per heavy atom. The van der Waals surface area contributed by atoms with Crippen molar-refractivity contribution in [2.45, 2.75) is 6.42 Å². The fourth-order valence-corrected chi connectivity index (χ4v) is 3.09. The Labute approximate surface area is 146 Å². The fraction of sp³-hybridized carbons (Fsp3) is 0.316. The van der Waals surface area contributed by atoms with Crippen molar-refractivity contribution in [3.63, 3.8) is 0 Å². The highest BCUT2D eigenvalue weighted by Gasteiger charge is 2.26. The van der Waals surface area contributed by atoms with Gasteiger partial charge in [-0.2, -0.15) is 0 Å². The van der Waals surface area contributed by atoms with E-state index >= 15 is 0 Å². The van der Waals surface area contributed by atoms with Gasteiger partial charge in [0.2, 0.25) is 0 Å². The minimum absolute atomic E-state index is 0.126. The van der Waals surface area contributed by atoms with E-state index in [9.17, 15) is 14.9 Å². The van der Waals surface area contributed by atoms with Crippen molar-refractivity contribution in [1.82, 2.24) is 9.80 Å². The Kier molecular flexibility index (Phi) is 5.40. The predicted molar refractivity (Wildman–Crippen MR) is 95.6 cm³/mol. The number of para-hydroxylation sites is 1. The number of nitro benzene ring substituents is 1. The zero-order valence-corrected chi connectivity index (χ0v) is 14.0. The van der Waals surface area contributed by atoms with Gasteiger partial charge < -0.3 is 4.90 Å². The maximum Gasteiger partial charge on any atom is 0.282 e. The molecule has 0 radical (unpaired) electrons. The molecule has 1 amide bonds. The predicted octanol–water partition coefficient (Wildman–Crippen LogP) is 2.60. The van der Waals surface area contributed by atoms with Gasteiger partial charge in [-0.15, -0.1) is 0 Å². The fourth-order valence-electron chi connectivity index (χ4n) is 3.09. The topological polar surface area (TPSA) is 66.7 Å². The van der Waals surface area contributed by atoms with E-state index in [4.69, 9.17) is 0 Å². The third-order valence-corrected chi connectivity index (χ3v) is 4.55. The van der Waals surface area contributed by atoms with E-state index in [1.807, 2.05) is 18.2 Å². The summed E-state index contributed by atoms with van der Waals surface area (Å²) in [5.74, 6) is -0.255. The Morgan fingerprint density at radius 3 is 2.28 bits per heavy atom. The van der Waals surface area contributed by atoms with Gasteiger partial charge in [-0.3, -0.25) is 19.8 Å². The number of carbonyl (C=O) groups is 1. The molecule has 0 aliphatic carbocycles. The number of benzene rings is 2. The van der Waals surface area contributed by atoms with Gasteiger partial charge in [0, 0.05) is 38.8 Å². The van der Waals surface area contributed by atoms with Crippen LogP contribution in [0.1, 0.15) is 15.9 Å². The summed E-state index contributed by atoms with van der Waals surface area (Å²) in [7, 11) is 0. The number of nitro groups is 1. The van der Waals surface area contributed by atoms with E-state index < -0.39 is 4.92 Å². The molecule has 0 bridgehead atoms. The van der Waals surface area contributed by atoms with Gasteiger partial charge in [-0.1, -0.05) is 42.5 Å². The highest BCUT2D eigenvalue weighted by atomic mass is 16.6. The summed E-state index contributed by atoms with van der Waals surface area (Å²) in [6, 6.07) is 16.5. The summed E-state index contributed by atoms with van der Waals surface area (Å²) in [6.45, 7) is 3.73. The summed E-state index contributed by atoms with van der Waals surface area (Å²) in [5.41, 5.74) is 1.35. The molecule has 130 valence electrons. The highest BCUT2D eigenvalue weighted by Crippen LogP contribution is 2.20. The average molecular weight is 339 g/mol. The number of rotatable bonds is 5. The minimum atomic E-state index is -0.497. The number of carbonyl (C=O) groups excluding carboxylic acids is 1. The van der Waals surface area contributed by atoms with Crippen molar-refractivity contribution in [1.29, 1.82) is 0 Å². The second-order valence-corrected chi connectivity index (χ2v) is 6.14. The van der Waals surface area contributed by atoms with E-state index in [0.29, 0.717) is 13.1 Å². The largest absolute Gasteiger partial charge is 0.336 e. The minimum Gasteiger partial charge on any atom is -0.336 e. The molecule has 2 aromatic carbocycles. The van der Waals surface area contributed by atoms with Crippen LogP contribution in [-0.4, -0.2) is 53.4 Å². The number of nitrogens with zero attached hydrogens (tertiary/aromatic N) is 3. The number of piperazine rings is 1. The molecule has 0 saturated carbocycles. The molecule has 0 aromatic heterocycles. The van der Waals surface area contributed by atoms with Crippen LogP contribution in [0.4, 0.5) is 5.69 Å². The van der Waals surface area contributed by atoms with Gasteiger partial charge in [-0.25, -0.2) is 0 Å². The molecule has 3 rings (SSSR count). The van der Waals surface area contributed by atoms with Crippen molar-refractivity contribution in [2.75, 3.05) is 32.7 Å². The van der Waals surface area contributed by atoms with Crippen LogP contribution < -0.4 is 0 Å². The van der Waals surface area contributed by atoms with E-state index in [-0.39, 0.29) is 17.2 Å². The normalized spacial score (nSPS) is 15.1. The molecule has 1 heterocycles. The molecule has 0 N–H and O–H groups in total. The van der Waals surface area contributed by atoms with E-state index in [1.165, 1.54) is 17.7 Å². The van der Waals surface area contributed by atoms with Gasteiger partial charge in [0.05, 0.1) is 4.92 Å². The first-order valence-electron chi connectivity index (χ1n) is 8.44. The monoisotopic (exact) mass is 339 g/mol. The molecule has 1 aliphatic rings. The van der Waals surface area contributed by atoms with Crippen molar-refractivity contribution >= 4 is 11.6 Å². The van der Waals surface area contributed by atoms with Crippen molar-refractivity contribution in [3.8, 4) is 0 Å². The lowest BCUT2D eigenvalue weighted by atomic mass is 10.1. The first-order chi connectivity index (χ1) is 12.1. The van der Waals surface area contributed by atoms with Gasteiger partial charge in [0.1, 0.15) is 5.56 Å². The summed E-state index contributed by atoms with van der Waals surface area (Å²) in [6.07, 6.45) is 0.985. The van der Waals surface area contributed by atoms with Crippen LogP contribution in [0.3, 0.4) is 0 Å². The summed E-state index contributed by atoms with van der Waals surface area (Å²) in [5, 5.41) is 11.1. The molecule has 0 atom stereocenters. The third kappa shape index (κ3) is 4.22. The van der Waals surface area contributed by atoms with Crippen LogP contribution in [0.25, 0.3) is 0 Å². The van der Waals surface area contributed by atoms with E-state index in [0.717, 1.165) is 26.1 Å². The molecular weight excluding hydrogens is 318 g/mol. The van der Waals surface area contributed by atoms with Gasteiger partial charge in [-0.05, 0) is 18.1 Å². The molecule has 1 fully saturated rings. The second-order valence-electron chi connectivity index (χ2n) is 6.14. The highest BCUT2D eigenvalue weighted by molar-refractivity contribution is 5.98. The first-order valence-corrected chi connectivity index (χ1v) is 8.44. The number of amides is 1. The van der Waals surface area contributed by atoms with Crippen LogP contribution in [0.5, 0.6) is 0 Å². The maximum absolute atomic E-state index is 12.6. The smallest absolute Gasteiger partial charge is 0.282 e. The lowest BCUT2D eigenvalue weighted by molar-refractivity contribution is -0.385. The summed E-state index contributed by atoms with van der Waals surface area (Å²) >= 11 is 0. The van der Waals surface area contributed by atoms with Crippen LogP contribution in [0.2, 0.25) is 0 Å². The molecule has 0 unspecified atom stereocenters. The lowest BCUT2D eigenvalue weighted by Gasteiger charge is -2.34. The SMILES string of the molecule is O=C(c1ccccc1[N+](=O)[O-])N1CCN(CCc2ccccc2)CC1. The number of hydrogen-bond donors (Lipinski definition) is 0. The van der Waals surface area contributed by atoms with Gasteiger partial charge in [0.25, 0.3) is 11.6 Å². The Balaban J connectivity index is 1.55. The van der Waals surface area contributed by atoms with Crippen LogP contribution in [0, 0.1) is 10.1 Å². The van der Waals surface area contributed by atoms with Crippen LogP contribution in [-0.2, 0) is 6.42 Å². The van der Waals surface area contributed by atoms with E-state index in [2.05, 4.69) is 17.0 Å². The third-order valence-electron chi connectivity index (χ3n) is 4.55. The quantitative estimate of drug-likeness (QED) is 0.620.